The third-order valence-electron chi connectivity index (χ3n) is 4.21. The molecule has 0 spiro atoms. The average molecular weight is 329 g/mol. The van der Waals surface area contributed by atoms with E-state index in [2.05, 4.69) is 0 Å². The fourth-order valence-electron chi connectivity index (χ4n) is 2.85. The van der Waals surface area contributed by atoms with E-state index in [0.717, 1.165) is 0 Å². The van der Waals surface area contributed by atoms with Gasteiger partial charge in [0.15, 0.2) is 0 Å². The van der Waals surface area contributed by atoms with E-state index < -0.39 is 17.3 Å². The van der Waals surface area contributed by atoms with E-state index in [-0.39, 0.29) is 24.7 Å². The quantitative estimate of drug-likeness (QED) is 0.771. The molecule has 6 nitrogen and oxygen atoms in total. The van der Waals surface area contributed by atoms with E-state index in [1.165, 1.54) is 47.4 Å². The molecule has 0 radical (unpaired) electrons. The zero-order valence-electron chi connectivity index (χ0n) is 12.7. The Labute approximate surface area is 137 Å². The Balaban J connectivity index is 1.91. The number of hydrogen-bond acceptors (Lipinski definition) is 4. The van der Waals surface area contributed by atoms with Crippen molar-refractivity contribution in [1.82, 2.24) is 4.90 Å². The van der Waals surface area contributed by atoms with Crippen LogP contribution in [0.4, 0.5) is 4.39 Å². The van der Waals surface area contributed by atoms with Crippen molar-refractivity contribution >= 4 is 11.8 Å². The molecule has 24 heavy (non-hydrogen) atoms. The number of nitrogens with zero attached hydrogens (tertiary/aromatic N) is 1. The van der Waals surface area contributed by atoms with Crippen molar-refractivity contribution in [2.45, 2.75) is 12.1 Å². The van der Waals surface area contributed by atoms with Crippen molar-refractivity contribution in [2.75, 3.05) is 6.54 Å². The molecule has 0 saturated carbocycles. The highest BCUT2D eigenvalue weighted by Gasteiger charge is 2.40. The fourth-order valence-corrected chi connectivity index (χ4v) is 2.85. The van der Waals surface area contributed by atoms with Gasteiger partial charge in [-0.1, -0.05) is 12.1 Å². The van der Waals surface area contributed by atoms with Crippen LogP contribution in [0, 0.1) is 5.82 Å². The number of phenolic OH excluding ortho intramolecular Hbond substituents is 1. The molecule has 124 valence electrons. The zero-order valence-corrected chi connectivity index (χ0v) is 12.7. The molecule has 0 aliphatic carbocycles. The lowest BCUT2D eigenvalue weighted by atomic mass is 9.89. The molecule has 1 heterocycles. The standard InChI is InChI=1S/C17H16FN3O3/c18-12-3-1-11(2-4-12)17(20,16(19)24)9-21-8-10-7-13(22)5-6-14(10)15(21)23/h1-7,22H,8-9,20H2,(H2,19,24). The van der Waals surface area contributed by atoms with Crippen molar-refractivity contribution in [3.63, 3.8) is 0 Å². The van der Waals surface area contributed by atoms with Gasteiger partial charge in [0.1, 0.15) is 17.1 Å². The minimum atomic E-state index is -1.65. The highest BCUT2D eigenvalue weighted by molar-refractivity contribution is 5.99. The predicted octanol–water partition coefficient (Wildman–Crippen LogP) is 0.827. The molecule has 0 aromatic heterocycles. The number of carbonyl (C=O) groups is 2. The summed E-state index contributed by atoms with van der Waals surface area (Å²) in [6.07, 6.45) is 0. The molecule has 2 aromatic carbocycles. The van der Waals surface area contributed by atoms with E-state index >= 15 is 0 Å². The van der Waals surface area contributed by atoms with Crippen LogP contribution in [0.2, 0.25) is 0 Å². The van der Waals surface area contributed by atoms with Gasteiger partial charge < -0.3 is 21.5 Å². The number of primary amides is 1. The second kappa shape index (κ2) is 5.61. The maximum Gasteiger partial charge on any atom is 0.254 e. The maximum atomic E-state index is 13.1. The van der Waals surface area contributed by atoms with Gasteiger partial charge in [0, 0.05) is 12.1 Å². The van der Waals surface area contributed by atoms with Crippen molar-refractivity contribution in [3.8, 4) is 5.75 Å². The maximum absolute atomic E-state index is 13.1. The first-order valence-electron chi connectivity index (χ1n) is 7.27. The van der Waals surface area contributed by atoms with E-state index in [9.17, 15) is 19.1 Å². The van der Waals surface area contributed by atoms with Gasteiger partial charge in [0.05, 0.1) is 6.54 Å². The molecule has 3 rings (SSSR count). The number of rotatable bonds is 4. The Hall–Kier alpha value is -2.93. The van der Waals surface area contributed by atoms with Gasteiger partial charge in [-0.05, 0) is 41.5 Å². The highest BCUT2D eigenvalue weighted by Crippen LogP contribution is 2.29. The summed E-state index contributed by atoms with van der Waals surface area (Å²) >= 11 is 0. The van der Waals surface area contributed by atoms with Crippen LogP contribution in [0.5, 0.6) is 5.75 Å². The Morgan fingerprint density at radius 2 is 1.92 bits per heavy atom. The minimum absolute atomic E-state index is 0.0517. The number of amides is 2. The topological polar surface area (TPSA) is 110 Å². The van der Waals surface area contributed by atoms with Crippen molar-refractivity contribution in [1.29, 1.82) is 0 Å². The number of nitrogens with two attached hydrogens (primary N) is 2. The molecule has 1 unspecified atom stereocenters. The van der Waals surface area contributed by atoms with Gasteiger partial charge in [0.2, 0.25) is 5.91 Å². The highest BCUT2D eigenvalue weighted by atomic mass is 19.1. The van der Waals surface area contributed by atoms with E-state index in [4.69, 9.17) is 11.5 Å². The molecular weight excluding hydrogens is 313 g/mol. The summed E-state index contributed by atoms with van der Waals surface area (Å²) in [6, 6.07) is 9.54. The van der Waals surface area contributed by atoms with Crippen LogP contribution in [0.1, 0.15) is 21.5 Å². The molecule has 0 fully saturated rings. The first kappa shape index (κ1) is 15.9. The molecule has 1 atom stereocenters. The van der Waals surface area contributed by atoms with E-state index in [0.29, 0.717) is 16.7 Å². The van der Waals surface area contributed by atoms with Crippen molar-refractivity contribution in [3.05, 3.63) is 65.0 Å². The molecule has 0 saturated heterocycles. The van der Waals surface area contributed by atoms with Crippen molar-refractivity contribution in [2.24, 2.45) is 11.5 Å². The average Bonchev–Trinajstić information content (AvgIpc) is 2.83. The van der Waals surface area contributed by atoms with Crippen LogP contribution in [-0.4, -0.2) is 28.4 Å². The summed E-state index contributed by atoms with van der Waals surface area (Å²) in [7, 11) is 0. The van der Waals surface area contributed by atoms with Crippen molar-refractivity contribution < 1.29 is 19.1 Å². The largest absolute Gasteiger partial charge is 0.508 e. The van der Waals surface area contributed by atoms with Crippen LogP contribution in [0.15, 0.2) is 42.5 Å². The molecule has 1 aliphatic rings. The Morgan fingerprint density at radius 3 is 2.54 bits per heavy atom. The molecular formula is C17H16FN3O3. The fraction of sp³-hybridized carbons (Fsp3) is 0.176. The van der Waals surface area contributed by atoms with E-state index in [1.54, 1.807) is 0 Å². The zero-order chi connectivity index (χ0) is 17.5. The van der Waals surface area contributed by atoms with Gasteiger partial charge in [0.25, 0.3) is 5.91 Å². The lowest BCUT2D eigenvalue weighted by Crippen LogP contribution is -2.56. The first-order chi connectivity index (χ1) is 11.3. The van der Waals surface area contributed by atoms with Gasteiger partial charge in [-0.15, -0.1) is 0 Å². The van der Waals surface area contributed by atoms with Gasteiger partial charge in [-0.2, -0.15) is 0 Å². The second-order valence-electron chi connectivity index (χ2n) is 5.85. The monoisotopic (exact) mass is 329 g/mol. The predicted molar refractivity (Wildman–Crippen MR) is 84.3 cm³/mol. The molecule has 1 aliphatic heterocycles. The third-order valence-corrected chi connectivity index (χ3v) is 4.21. The Morgan fingerprint density at radius 1 is 1.25 bits per heavy atom. The molecule has 2 aromatic rings. The lowest BCUT2D eigenvalue weighted by Gasteiger charge is -2.31. The normalized spacial score (nSPS) is 15.9. The Bertz CT molecular complexity index is 822. The summed E-state index contributed by atoms with van der Waals surface area (Å²) in [5.74, 6) is -1.54. The van der Waals surface area contributed by atoms with E-state index in [1.807, 2.05) is 0 Å². The molecule has 7 heteroatoms. The van der Waals surface area contributed by atoms with Gasteiger partial charge in [-0.25, -0.2) is 4.39 Å². The van der Waals surface area contributed by atoms with Gasteiger partial charge >= 0.3 is 0 Å². The number of carbonyl (C=O) groups excluding carboxylic acids is 2. The van der Waals surface area contributed by atoms with Gasteiger partial charge in [-0.3, -0.25) is 9.59 Å². The first-order valence-corrected chi connectivity index (χ1v) is 7.27. The summed E-state index contributed by atoms with van der Waals surface area (Å²) in [4.78, 5) is 25.8. The minimum Gasteiger partial charge on any atom is -0.508 e. The van der Waals surface area contributed by atoms with Crippen LogP contribution < -0.4 is 11.5 Å². The number of hydrogen-bond donors (Lipinski definition) is 3. The second-order valence-corrected chi connectivity index (χ2v) is 5.85. The third kappa shape index (κ3) is 2.59. The summed E-state index contributed by atoms with van der Waals surface area (Å²) in [5, 5.41) is 9.53. The van der Waals surface area contributed by atoms with Crippen LogP contribution >= 0.6 is 0 Å². The number of aromatic hydroxyl groups is 1. The smallest absolute Gasteiger partial charge is 0.254 e. The van der Waals surface area contributed by atoms with Crippen LogP contribution in [0.3, 0.4) is 0 Å². The van der Waals surface area contributed by atoms with Crippen LogP contribution in [0.25, 0.3) is 0 Å². The molecule has 2 amide bonds. The number of halogens is 1. The summed E-state index contributed by atoms with van der Waals surface area (Å²) in [6.45, 7) is 0.0538. The number of phenols is 1. The Kier molecular flexibility index (Phi) is 3.73. The summed E-state index contributed by atoms with van der Waals surface area (Å²) in [5.41, 5.74) is 11.4. The molecule has 0 bridgehead atoms. The molecule has 5 N–H and O–H groups in total. The number of benzene rings is 2. The summed E-state index contributed by atoms with van der Waals surface area (Å²) < 4.78 is 13.1. The van der Waals surface area contributed by atoms with Crippen LogP contribution in [-0.2, 0) is 16.9 Å². The lowest BCUT2D eigenvalue weighted by molar-refractivity contribution is -0.124. The SMILES string of the molecule is NC(=O)C(N)(CN1Cc2cc(O)ccc2C1=O)c1ccc(F)cc1. The number of fused-ring (bicyclic) bond motifs is 1.